The largest absolute Gasteiger partial charge is 0.508 e. The van der Waals surface area contributed by atoms with Gasteiger partial charge in [-0.15, -0.1) is 0 Å². The second-order valence-electron chi connectivity index (χ2n) is 2.91. The summed E-state index contributed by atoms with van der Waals surface area (Å²) in [5.74, 6) is -0.562. The molecule has 1 atom stereocenters. The van der Waals surface area contributed by atoms with Gasteiger partial charge in [0.1, 0.15) is 5.75 Å². The Bertz CT molecular complexity index is 322. The Balaban J connectivity index is 2.64. The molecule has 0 saturated carbocycles. The Morgan fingerprint density at radius 2 is 2.29 bits per heavy atom. The van der Waals surface area contributed by atoms with E-state index in [9.17, 15) is 9.90 Å². The lowest BCUT2D eigenvalue weighted by atomic mass is 10.1. The molecule has 0 heterocycles. The number of esters is 1. The predicted molar refractivity (Wildman–Crippen MR) is 49.8 cm³/mol. The number of carbonyl (C=O) groups excluding carboxylic acids is 1. The SMILES string of the molecule is COC(=O)C(O)Cc1cccc(O)c1. The van der Waals surface area contributed by atoms with E-state index in [0.29, 0.717) is 5.56 Å². The number of aliphatic hydroxyl groups excluding tert-OH is 1. The topological polar surface area (TPSA) is 66.8 Å². The highest BCUT2D eigenvalue weighted by Gasteiger charge is 2.15. The number of phenols is 1. The van der Waals surface area contributed by atoms with Crippen LogP contribution < -0.4 is 0 Å². The van der Waals surface area contributed by atoms with Crippen LogP contribution in [0.25, 0.3) is 0 Å². The minimum atomic E-state index is -1.18. The van der Waals surface area contributed by atoms with Gasteiger partial charge in [-0.2, -0.15) is 0 Å². The molecule has 1 aromatic rings. The van der Waals surface area contributed by atoms with E-state index < -0.39 is 12.1 Å². The van der Waals surface area contributed by atoms with Crippen molar-refractivity contribution in [1.29, 1.82) is 0 Å². The fourth-order valence-electron chi connectivity index (χ4n) is 1.13. The van der Waals surface area contributed by atoms with Crippen molar-refractivity contribution >= 4 is 5.97 Å². The monoisotopic (exact) mass is 196 g/mol. The van der Waals surface area contributed by atoms with Gasteiger partial charge in [0.15, 0.2) is 6.10 Å². The number of carbonyl (C=O) groups is 1. The summed E-state index contributed by atoms with van der Waals surface area (Å²) in [5, 5.41) is 18.4. The van der Waals surface area contributed by atoms with E-state index in [-0.39, 0.29) is 12.2 Å². The van der Waals surface area contributed by atoms with Gasteiger partial charge < -0.3 is 14.9 Å². The van der Waals surface area contributed by atoms with Gasteiger partial charge in [0.25, 0.3) is 0 Å². The number of benzene rings is 1. The molecular weight excluding hydrogens is 184 g/mol. The number of aliphatic hydroxyl groups is 1. The fourth-order valence-corrected chi connectivity index (χ4v) is 1.13. The second-order valence-corrected chi connectivity index (χ2v) is 2.91. The first-order valence-electron chi connectivity index (χ1n) is 4.17. The minimum Gasteiger partial charge on any atom is -0.508 e. The summed E-state index contributed by atoms with van der Waals surface area (Å²) in [6, 6.07) is 6.38. The highest BCUT2D eigenvalue weighted by atomic mass is 16.5. The number of hydrogen-bond donors (Lipinski definition) is 2. The maximum Gasteiger partial charge on any atom is 0.335 e. The van der Waals surface area contributed by atoms with Crippen LogP contribution in [0.3, 0.4) is 0 Å². The van der Waals surface area contributed by atoms with E-state index in [4.69, 9.17) is 5.11 Å². The summed E-state index contributed by atoms with van der Waals surface area (Å²) >= 11 is 0. The highest BCUT2D eigenvalue weighted by molar-refractivity contribution is 5.74. The number of phenolic OH excluding ortho intramolecular Hbond substituents is 1. The lowest BCUT2D eigenvalue weighted by Gasteiger charge is -2.07. The molecule has 0 aliphatic rings. The molecule has 0 saturated heterocycles. The molecule has 0 fully saturated rings. The molecule has 1 unspecified atom stereocenters. The van der Waals surface area contributed by atoms with Crippen molar-refractivity contribution in [2.75, 3.05) is 7.11 Å². The van der Waals surface area contributed by atoms with Crippen molar-refractivity contribution in [3.8, 4) is 5.75 Å². The van der Waals surface area contributed by atoms with E-state index in [1.54, 1.807) is 12.1 Å². The molecular formula is C10H12O4. The first-order valence-corrected chi connectivity index (χ1v) is 4.17. The van der Waals surface area contributed by atoms with E-state index in [1.165, 1.54) is 19.2 Å². The Morgan fingerprint density at radius 3 is 2.86 bits per heavy atom. The van der Waals surface area contributed by atoms with Crippen LogP contribution in [0.5, 0.6) is 5.75 Å². The summed E-state index contributed by atoms with van der Waals surface area (Å²) in [5.41, 5.74) is 0.683. The molecule has 0 aromatic heterocycles. The van der Waals surface area contributed by atoms with Crippen LogP contribution in [0.4, 0.5) is 0 Å². The van der Waals surface area contributed by atoms with Crippen molar-refractivity contribution in [2.24, 2.45) is 0 Å². The van der Waals surface area contributed by atoms with Crippen LogP contribution in [0.1, 0.15) is 5.56 Å². The molecule has 1 aromatic carbocycles. The molecule has 0 bridgehead atoms. The number of rotatable bonds is 3. The lowest BCUT2D eigenvalue weighted by Crippen LogP contribution is -2.23. The normalized spacial score (nSPS) is 12.1. The molecule has 0 aliphatic heterocycles. The van der Waals surface area contributed by atoms with Crippen LogP contribution in [0.15, 0.2) is 24.3 Å². The number of ether oxygens (including phenoxy) is 1. The molecule has 0 spiro atoms. The molecule has 76 valence electrons. The van der Waals surface area contributed by atoms with E-state index in [1.807, 2.05) is 0 Å². The van der Waals surface area contributed by atoms with Crippen molar-refractivity contribution in [3.05, 3.63) is 29.8 Å². The molecule has 4 heteroatoms. The van der Waals surface area contributed by atoms with Crippen molar-refractivity contribution in [3.63, 3.8) is 0 Å². The minimum absolute atomic E-state index is 0.111. The molecule has 4 nitrogen and oxygen atoms in total. The quantitative estimate of drug-likeness (QED) is 0.689. The maximum atomic E-state index is 10.9. The van der Waals surface area contributed by atoms with Crippen LogP contribution in [-0.4, -0.2) is 29.4 Å². The molecule has 0 amide bonds. The zero-order valence-corrected chi connectivity index (χ0v) is 7.80. The molecule has 2 N–H and O–H groups in total. The fraction of sp³-hybridized carbons (Fsp3) is 0.300. The van der Waals surface area contributed by atoms with Crippen molar-refractivity contribution in [2.45, 2.75) is 12.5 Å². The summed E-state index contributed by atoms with van der Waals surface area (Å²) in [6.45, 7) is 0. The number of aromatic hydroxyl groups is 1. The zero-order chi connectivity index (χ0) is 10.6. The van der Waals surface area contributed by atoms with Gasteiger partial charge >= 0.3 is 5.97 Å². The van der Waals surface area contributed by atoms with Gasteiger partial charge in [0.05, 0.1) is 7.11 Å². The van der Waals surface area contributed by atoms with Crippen LogP contribution in [0, 0.1) is 0 Å². The first-order chi connectivity index (χ1) is 6.63. The van der Waals surface area contributed by atoms with E-state index in [2.05, 4.69) is 4.74 Å². The Hall–Kier alpha value is -1.55. The van der Waals surface area contributed by atoms with Crippen molar-refractivity contribution in [1.82, 2.24) is 0 Å². The Labute approximate surface area is 81.8 Å². The van der Waals surface area contributed by atoms with Crippen LogP contribution in [0.2, 0.25) is 0 Å². The Kier molecular flexibility index (Phi) is 3.48. The summed E-state index contributed by atoms with van der Waals surface area (Å²) < 4.78 is 4.36. The predicted octanol–water partition coefficient (Wildman–Crippen LogP) is 0.469. The number of hydrogen-bond acceptors (Lipinski definition) is 4. The molecule has 0 radical (unpaired) electrons. The van der Waals surface area contributed by atoms with Gasteiger partial charge in [0, 0.05) is 6.42 Å². The summed E-state index contributed by atoms with van der Waals surface area (Å²) in [7, 11) is 1.22. The standard InChI is InChI=1S/C10H12O4/c1-14-10(13)9(12)6-7-3-2-4-8(11)5-7/h2-5,9,11-12H,6H2,1H3. The van der Waals surface area contributed by atoms with E-state index >= 15 is 0 Å². The van der Waals surface area contributed by atoms with Crippen LogP contribution >= 0.6 is 0 Å². The second kappa shape index (κ2) is 4.62. The summed E-state index contributed by atoms with van der Waals surface area (Å²) in [4.78, 5) is 10.9. The smallest absolute Gasteiger partial charge is 0.335 e. The highest BCUT2D eigenvalue weighted by Crippen LogP contribution is 2.12. The average Bonchev–Trinajstić information content (AvgIpc) is 2.16. The zero-order valence-electron chi connectivity index (χ0n) is 7.80. The Morgan fingerprint density at radius 1 is 1.57 bits per heavy atom. The molecule has 1 rings (SSSR count). The third-order valence-corrected chi connectivity index (χ3v) is 1.81. The van der Waals surface area contributed by atoms with Gasteiger partial charge in [-0.05, 0) is 17.7 Å². The maximum absolute atomic E-state index is 10.9. The van der Waals surface area contributed by atoms with Crippen LogP contribution in [-0.2, 0) is 16.0 Å². The average molecular weight is 196 g/mol. The summed E-state index contributed by atoms with van der Waals surface area (Å²) in [6.07, 6.45) is -1.04. The van der Waals surface area contributed by atoms with Gasteiger partial charge in [-0.3, -0.25) is 0 Å². The third kappa shape index (κ3) is 2.74. The van der Waals surface area contributed by atoms with Crippen molar-refractivity contribution < 1.29 is 19.7 Å². The first kappa shape index (κ1) is 10.5. The van der Waals surface area contributed by atoms with E-state index in [0.717, 1.165) is 0 Å². The molecule has 0 aliphatic carbocycles. The third-order valence-electron chi connectivity index (χ3n) is 1.81. The van der Waals surface area contributed by atoms with Gasteiger partial charge in [-0.25, -0.2) is 4.79 Å². The lowest BCUT2D eigenvalue weighted by molar-refractivity contribution is -0.150. The number of methoxy groups -OCH3 is 1. The van der Waals surface area contributed by atoms with Gasteiger partial charge in [-0.1, -0.05) is 12.1 Å². The van der Waals surface area contributed by atoms with Gasteiger partial charge in [0.2, 0.25) is 0 Å². The molecule has 14 heavy (non-hydrogen) atoms.